The summed E-state index contributed by atoms with van der Waals surface area (Å²) in [5, 5.41) is 12.9. The highest BCUT2D eigenvalue weighted by molar-refractivity contribution is 6.33. The van der Waals surface area contributed by atoms with Gasteiger partial charge in [-0.25, -0.2) is 0 Å². The van der Waals surface area contributed by atoms with E-state index >= 15 is 0 Å². The van der Waals surface area contributed by atoms with Gasteiger partial charge < -0.3 is 5.32 Å². The van der Waals surface area contributed by atoms with Crippen molar-refractivity contribution in [2.45, 2.75) is 19.4 Å². The van der Waals surface area contributed by atoms with E-state index in [1.54, 1.807) is 18.2 Å². The zero-order valence-electron chi connectivity index (χ0n) is 10.7. The summed E-state index contributed by atoms with van der Waals surface area (Å²) in [5.74, 6) is 0. The summed E-state index contributed by atoms with van der Waals surface area (Å²) >= 11 is 6.13. The molecule has 0 saturated heterocycles. The van der Waals surface area contributed by atoms with Crippen LogP contribution in [0.2, 0.25) is 5.02 Å². The maximum atomic E-state index is 8.90. The molecule has 0 fully saturated rings. The fourth-order valence-electron chi connectivity index (χ4n) is 1.99. The number of hydrogen-bond acceptors (Lipinski definition) is 2. The first-order valence-electron chi connectivity index (χ1n) is 6.19. The van der Waals surface area contributed by atoms with Gasteiger partial charge in [0.15, 0.2) is 0 Å². The number of anilines is 1. The largest absolute Gasteiger partial charge is 0.381 e. The monoisotopic (exact) mass is 270 g/mol. The molecule has 2 aromatic carbocycles. The Labute approximate surface area is 118 Å². The van der Waals surface area contributed by atoms with Crippen LogP contribution in [0.4, 0.5) is 5.69 Å². The second-order valence-corrected chi connectivity index (χ2v) is 4.95. The number of nitrogens with zero attached hydrogens (tertiary/aromatic N) is 1. The van der Waals surface area contributed by atoms with Crippen molar-refractivity contribution >= 4 is 17.3 Å². The Kier molecular flexibility index (Phi) is 4.43. The van der Waals surface area contributed by atoms with Crippen molar-refractivity contribution in [3.05, 3.63) is 64.7 Å². The minimum Gasteiger partial charge on any atom is -0.381 e. The molecule has 1 unspecified atom stereocenters. The smallest absolute Gasteiger partial charge is 0.0992 e. The number of halogens is 1. The van der Waals surface area contributed by atoms with Crippen molar-refractivity contribution in [3.8, 4) is 6.07 Å². The lowest BCUT2D eigenvalue weighted by atomic mass is 10.1. The van der Waals surface area contributed by atoms with Crippen LogP contribution in [-0.4, -0.2) is 6.04 Å². The van der Waals surface area contributed by atoms with Crippen LogP contribution in [0.3, 0.4) is 0 Å². The Balaban J connectivity index is 2.07. The molecule has 0 radical (unpaired) electrons. The molecule has 0 spiro atoms. The van der Waals surface area contributed by atoms with Crippen LogP contribution in [0, 0.1) is 11.3 Å². The van der Waals surface area contributed by atoms with E-state index in [4.69, 9.17) is 16.9 Å². The molecule has 0 aliphatic rings. The van der Waals surface area contributed by atoms with E-state index in [0.717, 1.165) is 12.1 Å². The van der Waals surface area contributed by atoms with Gasteiger partial charge in [-0.05, 0) is 37.1 Å². The number of nitrogens with one attached hydrogen (secondary N) is 1. The third-order valence-electron chi connectivity index (χ3n) is 2.88. The maximum absolute atomic E-state index is 8.90. The van der Waals surface area contributed by atoms with Gasteiger partial charge >= 0.3 is 0 Å². The SMILES string of the molecule is CC(Cc1ccccc1)Nc1cc(C#N)ccc1Cl. The Morgan fingerprint density at radius 2 is 1.95 bits per heavy atom. The molecule has 96 valence electrons. The van der Waals surface area contributed by atoms with Crippen LogP contribution in [0.5, 0.6) is 0 Å². The summed E-state index contributed by atoms with van der Waals surface area (Å²) in [4.78, 5) is 0. The molecule has 1 atom stereocenters. The van der Waals surface area contributed by atoms with E-state index in [2.05, 4.69) is 30.4 Å². The lowest BCUT2D eigenvalue weighted by Crippen LogP contribution is -2.18. The van der Waals surface area contributed by atoms with E-state index in [-0.39, 0.29) is 6.04 Å². The van der Waals surface area contributed by atoms with E-state index in [1.165, 1.54) is 5.56 Å². The van der Waals surface area contributed by atoms with E-state index in [0.29, 0.717) is 10.6 Å². The van der Waals surface area contributed by atoms with Gasteiger partial charge in [-0.3, -0.25) is 0 Å². The van der Waals surface area contributed by atoms with Crippen molar-refractivity contribution in [2.75, 3.05) is 5.32 Å². The summed E-state index contributed by atoms with van der Waals surface area (Å²) in [7, 11) is 0. The molecular weight excluding hydrogens is 256 g/mol. The Morgan fingerprint density at radius 1 is 1.21 bits per heavy atom. The molecule has 0 aliphatic carbocycles. The average Bonchev–Trinajstić information content (AvgIpc) is 2.42. The first kappa shape index (κ1) is 13.5. The number of hydrogen-bond donors (Lipinski definition) is 1. The van der Waals surface area contributed by atoms with Crippen molar-refractivity contribution in [3.63, 3.8) is 0 Å². The van der Waals surface area contributed by atoms with Crippen molar-refractivity contribution in [1.82, 2.24) is 0 Å². The summed E-state index contributed by atoms with van der Waals surface area (Å²) < 4.78 is 0. The minimum absolute atomic E-state index is 0.244. The van der Waals surface area contributed by atoms with Gasteiger partial charge in [0.05, 0.1) is 22.3 Å². The van der Waals surface area contributed by atoms with Gasteiger partial charge in [0.25, 0.3) is 0 Å². The van der Waals surface area contributed by atoms with Gasteiger partial charge in [0, 0.05) is 6.04 Å². The normalized spacial score (nSPS) is 11.6. The van der Waals surface area contributed by atoms with Crippen LogP contribution in [0.25, 0.3) is 0 Å². The molecule has 19 heavy (non-hydrogen) atoms. The molecule has 1 N–H and O–H groups in total. The summed E-state index contributed by atoms with van der Waals surface area (Å²) in [6, 6.07) is 17.9. The molecule has 0 amide bonds. The molecule has 2 rings (SSSR count). The van der Waals surface area contributed by atoms with Crippen LogP contribution < -0.4 is 5.32 Å². The van der Waals surface area contributed by atoms with Gasteiger partial charge in [-0.2, -0.15) is 5.26 Å². The molecule has 0 saturated carbocycles. The molecule has 0 aromatic heterocycles. The van der Waals surface area contributed by atoms with Crippen LogP contribution >= 0.6 is 11.6 Å². The highest BCUT2D eigenvalue weighted by atomic mass is 35.5. The summed E-state index contributed by atoms with van der Waals surface area (Å²) in [5.41, 5.74) is 2.69. The van der Waals surface area contributed by atoms with Gasteiger partial charge in [-0.1, -0.05) is 41.9 Å². The zero-order valence-corrected chi connectivity index (χ0v) is 11.5. The maximum Gasteiger partial charge on any atom is 0.0992 e. The highest BCUT2D eigenvalue weighted by Gasteiger charge is 2.07. The third kappa shape index (κ3) is 3.74. The lowest BCUT2D eigenvalue weighted by molar-refractivity contribution is 0.790. The van der Waals surface area contributed by atoms with E-state index in [9.17, 15) is 0 Å². The Hall–Kier alpha value is -1.98. The summed E-state index contributed by atoms with van der Waals surface area (Å²) in [6.45, 7) is 2.10. The Morgan fingerprint density at radius 3 is 2.63 bits per heavy atom. The fourth-order valence-corrected chi connectivity index (χ4v) is 2.16. The molecule has 2 aromatic rings. The highest BCUT2D eigenvalue weighted by Crippen LogP contribution is 2.24. The number of benzene rings is 2. The van der Waals surface area contributed by atoms with Crippen molar-refractivity contribution < 1.29 is 0 Å². The fraction of sp³-hybridized carbons (Fsp3) is 0.188. The quantitative estimate of drug-likeness (QED) is 0.901. The molecule has 3 heteroatoms. The Bertz CT molecular complexity index is 587. The molecule has 0 aliphatic heterocycles. The van der Waals surface area contributed by atoms with Crippen LogP contribution in [0.1, 0.15) is 18.1 Å². The minimum atomic E-state index is 0.244. The number of rotatable bonds is 4. The number of nitriles is 1. The van der Waals surface area contributed by atoms with Crippen molar-refractivity contribution in [2.24, 2.45) is 0 Å². The second-order valence-electron chi connectivity index (χ2n) is 4.54. The first-order chi connectivity index (χ1) is 9.19. The average molecular weight is 271 g/mol. The van der Waals surface area contributed by atoms with Gasteiger partial charge in [-0.15, -0.1) is 0 Å². The second kappa shape index (κ2) is 6.26. The van der Waals surface area contributed by atoms with Crippen molar-refractivity contribution in [1.29, 1.82) is 5.26 Å². The van der Waals surface area contributed by atoms with Crippen LogP contribution in [0.15, 0.2) is 48.5 Å². The molecule has 2 nitrogen and oxygen atoms in total. The van der Waals surface area contributed by atoms with Gasteiger partial charge in [0.1, 0.15) is 0 Å². The molecular formula is C16H15ClN2. The third-order valence-corrected chi connectivity index (χ3v) is 3.21. The standard InChI is InChI=1S/C16H15ClN2/c1-12(9-13-5-3-2-4-6-13)19-16-10-14(11-18)7-8-15(16)17/h2-8,10,12,19H,9H2,1H3. The van der Waals surface area contributed by atoms with E-state index < -0.39 is 0 Å². The topological polar surface area (TPSA) is 35.8 Å². The summed E-state index contributed by atoms with van der Waals surface area (Å²) in [6.07, 6.45) is 0.911. The van der Waals surface area contributed by atoms with Crippen LogP contribution in [-0.2, 0) is 6.42 Å². The predicted molar refractivity (Wildman–Crippen MR) is 79.4 cm³/mol. The zero-order chi connectivity index (χ0) is 13.7. The van der Waals surface area contributed by atoms with Gasteiger partial charge in [0.2, 0.25) is 0 Å². The molecule has 0 bridgehead atoms. The van der Waals surface area contributed by atoms with E-state index in [1.807, 2.05) is 18.2 Å². The predicted octanol–water partition coefficient (Wildman–Crippen LogP) is 4.25. The molecule has 0 heterocycles. The first-order valence-corrected chi connectivity index (χ1v) is 6.57. The lowest BCUT2D eigenvalue weighted by Gasteiger charge is -2.16.